The summed E-state index contributed by atoms with van der Waals surface area (Å²) in [6.07, 6.45) is 5.63. The van der Waals surface area contributed by atoms with E-state index in [1.165, 1.54) is 31.0 Å². The van der Waals surface area contributed by atoms with Gasteiger partial charge in [0, 0.05) is 12.1 Å². The van der Waals surface area contributed by atoms with Crippen molar-refractivity contribution in [2.24, 2.45) is 0 Å². The molecule has 1 N–H and O–H groups in total. The lowest BCUT2D eigenvalue weighted by molar-refractivity contribution is 0.180. The monoisotopic (exact) mass is 400 g/mol. The molecule has 1 aliphatic heterocycles. The summed E-state index contributed by atoms with van der Waals surface area (Å²) in [7, 11) is 1.57. The first-order chi connectivity index (χ1) is 13.7. The number of rotatable bonds is 7. The number of likely N-dealkylation sites (tertiary alicyclic amines) is 1. The van der Waals surface area contributed by atoms with Crippen LogP contribution >= 0.6 is 11.8 Å². The van der Waals surface area contributed by atoms with Crippen LogP contribution in [0.4, 0.5) is 0 Å². The minimum atomic E-state index is -0.447. The predicted octanol–water partition coefficient (Wildman–Crippen LogP) is 2.90. The molecule has 1 aromatic heterocycles. The van der Waals surface area contributed by atoms with Crippen LogP contribution < -0.4 is 15.0 Å². The number of nitrogens with zero attached hydrogens (tertiary/aromatic N) is 3. The van der Waals surface area contributed by atoms with Gasteiger partial charge in [0.2, 0.25) is 0 Å². The second-order valence-corrected chi connectivity index (χ2v) is 7.32. The fourth-order valence-corrected chi connectivity index (χ4v) is 3.64. The number of benzene rings is 1. The maximum atomic E-state index is 12.1. The highest BCUT2D eigenvalue weighted by Gasteiger charge is 2.16. The van der Waals surface area contributed by atoms with E-state index >= 15 is 0 Å². The van der Waals surface area contributed by atoms with E-state index in [9.17, 15) is 10.1 Å². The third-order valence-corrected chi connectivity index (χ3v) is 5.33. The van der Waals surface area contributed by atoms with E-state index in [0.717, 1.165) is 19.6 Å². The first kappa shape index (κ1) is 20.2. The zero-order chi connectivity index (χ0) is 19.9. The van der Waals surface area contributed by atoms with Crippen molar-refractivity contribution in [3.05, 3.63) is 34.1 Å². The lowest BCUT2D eigenvalue weighted by atomic mass is 10.1. The average molecular weight is 401 g/mol. The average Bonchev–Trinajstić information content (AvgIpc) is 2.74. The van der Waals surface area contributed by atoms with Gasteiger partial charge in [0.1, 0.15) is 18.2 Å². The normalized spacial score (nSPS) is 14.5. The second-order valence-electron chi connectivity index (χ2n) is 6.53. The number of H-pyrrole nitrogens is 1. The van der Waals surface area contributed by atoms with E-state index in [1.54, 1.807) is 25.3 Å². The Bertz CT molecular complexity index is 917. The number of aromatic nitrogens is 2. The molecular formula is C20H24N4O3S. The van der Waals surface area contributed by atoms with Crippen molar-refractivity contribution >= 4 is 11.8 Å². The van der Waals surface area contributed by atoms with Gasteiger partial charge in [0.25, 0.3) is 5.56 Å². The maximum absolute atomic E-state index is 12.1. The molecule has 0 atom stereocenters. The van der Waals surface area contributed by atoms with Crippen molar-refractivity contribution in [2.45, 2.75) is 24.4 Å². The molecule has 0 amide bonds. The summed E-state index contributed by atoms with van der Waals surface area (Å²) in [6.45, 7) is 3.72. The van der Waals surface area contributed by atoms with Crippen molar-refractivity contribution in [1.29, 1.82) is 5.26 Å². The third-order valence-electron chi connectivity index (χ3n) is 4.75. The molecule has 0 radical (unpaired) electrons. The number of hydrogen-bond donors (Lipinski definition) is 1. The molecule has 2 heterocycles. The number of thioether (sulfide) groups is 1. The zero-order valence-electron chi connectivity index (χ0n) is 16.2. The highest BCUT2D eigenvalue weighted by Crippen LogP contribution is 2.33. The summed E-state index contributed by atoms with van der Waals surface area (Å²) in [6, 6.07) is 7.29. The minimum absolute atomic E-state index is 0.0152. The number of nitrogens with one attached hydrogen (secondary N) is 1. The van der Waals surface area contributed by atoms with Crippen LogP contribution in [0.15, 0.2) is 28.2 Å². The van der Waals surface area contributed by atoms with E-state index in [1.807, 2.05) is 12.3 Å². The van der Waals surface area contributed by atoms with E-state index in [2.05, 4.69) is 14.9 Å². The first-order valence-electron chi connectivity index (χ1n) is 9.28. The van der Waals surface area contributed by atoms with Gasteiger partial charge in [-0.05, 0) is 50.4 Å². The van der Waals surface area contributed by atoms with Crippen LogP contribution in [-0.4, -0.2) is 54.5 Å². The number of methoxy groups -OCH3 is 1. The van der Waals surface area contributed by atoms with Gasteiger partial charge in [0.05, 0.1) is 12.8 Å². The van der Waals surface area contributed by atoms with Crippen molar-refractivity contribution in [1.82, 2.24) is 14.9 Å². The van der Waals surface area contributed by atoms with Crippen LogP contribution in [0.25, 0.3) is 11.3 Å². The van der Waals surface area contributed by atoms with Gasteiger partial charge < -0.3 is 14.5 Å². The van der Waals surface area contributed by atoms with Crippen LogP contribution in [0, 0.1) is 11.3 Å². The standard InChI is InChI=1S/C20H24N4O3S/c1-26-17-12-14(18-15(13-21)19(25)23-20(22-18)28-2)6-7-16(17)27-11-10-24-8-4-3-5-9-24/h6-7,12H,3-5,8-11H2,1-2H3,(H,22,23,25). The number of piperidine rings is 1. The van der Waals surface area contributed by atoms with Gasteiger partial charge in [-0.2, -0.15) is 5.26 Å². The molecule has 8 heteroatoms. The quantitative estimate of drug-likeness (QED) is 0.564. The Morgan fingerprint density at radius 1 is 1.29 bits per heavy atom. The van der Waals surface area contributed by atoms with Crippen LogP contribution in [0.5, 0.6) is 11.5 Å². The minimum Gasteiger partial charge on any atom is -0.493 e. The van der Waals surface area contributed by atoms with Crippen LogP contribution in [-0.2, 0) is 0 Å². The lowest BCUT2D eigenvalue weighted by Gasteiger charge is -2.26. The van der Waals surface area contributed by atoms with Gasteiger partial charge in [0.15, 0.2) is 16.7 Å². The zero-order valence-corrected chi connectivity index (χ0v) is 17.0. The summed E-state index contributed by atoms with van der Waals surface area (Å²) in [5.74, 6) is 1.18. The van der Waals surface area contributed by atoms with Crippen molar-refractivity contribution in [3.63, 3.8) is 0 Å². The molecule has 0 aliphatic carbocycles. The number of aromatic amines is 1. The van der Waals surface area contributed by atoms with Crippen LogP contribution in [0.3, 0.4) is 0 Å². The molecule has 7 nitrogen and oxygen atoms in total. The molecule has 3 rings (SSSR count). The number of hydrogen-bond acceptors (Lipinski definition) is 7. The topological polar surface area (TPSA) is 91.2 Å². The molecule has 0 spiro atoms. The smallest absolute Gasteiger partial charge is 0.270 e. The lowest BCUT2D eigenvalue weighted by Crippen LogP contribution is -2.33. The number of ether oxygens (including phenoxy) is 2. The largest absolute Gasteiger partial charge is 0.493 e. The Kier molecular flexibility index (Phi) is 6.95. The predicted molar refractivity (Wildman–Crippen MR) is 109 cm³/mol. The molecule has 0 saturated carbocycles. The van der Waals surface area contributed by atoms with Crippen molar-refractivity contribution in [3.8, 4) is 28.8 Å². The van der Waals surface area contributed by atoms with Gasteiger partial charge in [-0.15, -0.1) is 0 Å². The summed E-state index contributed by atoms with van der Waals surface area (Å²) in [4.78, 5) is 21.6. The Morgan fingerprint density at radius 2 is 2.07 bits per heavy atom. The molecule has 1 fully saturated rings. The summed E-state index contributed by atoms with van der Waals surface area (Å²) in [5.41, 5.74) is 0.517. The second kappa shape index (κ2) is 9.62. The van der Waals surface area contributed by atoms with E-state index in [4.69, 9.17) is 9.47 Å². The summed E-state index contributed by atoms with van der Waals surface area (Å²) >= 11 is 1.31. The van der Waals surface area contributed by atoms with Gasteiger partial charge >= 0.3 is 0 Å². The Labute approximate surface area is 168 Å². The van der Waals surface area contributed by atoms with E-state index in [-0.39, 0.29) is 5.56 Å². The summed E-state index contributed by atoms with van der Waals surface area (Å²) in [5, 5.41) is 9.83. The fourth-order valence-electron chi connectivity index (χ4n) is 3.26. The molecule has 2 aromatic rings. The summed E-state index contributed by atoms with van der Waals surface area (Å²) < 4.78 is 11.4. The fraction of sp³-hybridized carbons (Fsp3) is 0.450. The number of nitriles is 1. The SMILES string of the molecule is COc1cc(-c2nc(SC)[nH]c(=O)c2C#N)ccc1OCCN1CCCCC1. The van der Waals surface area contributed by atoms with Gasteiger partial charge in [-0.3, -0.25) is 9.69 Å². The highest BCUT2D eigenvalue weighted by atomic mass is 32.2. The molecular weight excluding hydrogens is 376 g/mol. The first-order valence-corrected chi connectivity index (χ1v) is 10.5. The van der Waals surface area contributed by atoms with E-state index < -0.39 is 5.56 Å². The Morgan fingerprint density at radius 3 is 2.75 bits per heavy atom. The van der Waals surface area contributed by atoms with Crippen molar-refractivity contribution in [2.75, 3.05) is 39.6 Å². The van der Waals surface area contributed by atoms with Crippen LogP contribution in [0.2, 0.25) is 0 Å². The van der Waals surface area contributed by atoms with Gasteiger partial charge in [-0.25, -0.2) is 4.98 Å². The molecule has 1 aromatic carbocycles. The third kappa shape index (κ3) is 4.66. The molecule has 0 unspecified atom stereocenters. The van der Waals surface area contributed by atoms with E-state index in [0.29, 0.717) is 34.5 Å². The molecule has 1 saturated heterocycles. The molecule has 28 heavy (non-hydrogen) atoms. The Hall–Kier alpha value is -2.50. The molecule has 0 bridgehead atoms. The van der Waals surface area contributed by atoms with Gasteiger partial charge in [-0.1, -0.05) is 18.2 Å². The Balaban J connectivity index is 1.80. The molecule has 148 valence electrons. The highest BCUT2D eigenvalue weighted by molar-refractivity contribution is 7.98. The van der Waals surface area contributed by atoms with Crippen LogP contribution in [0.1, 0.15) is 24.8 Å². The molecule has 1 aliphatic rings. The maximum Gasteiger partial charge on any atom is 0.270 e. The van der Waals surface area contributed by atoms with Crippen molar-refractivity contribution < 1.29 is 9.47 Å².